The molecule has 1 atom stereocenters. The van der Waals surface area contributed by atoms with Gasteiger partial charge in [-0.2, -0.15) is 0 Å². The van der Waals surface area contributed by atoms with E-state index in [1.54, 1.807) is 17.7 Å². The van der Waals surface area contributed by atoms with Crippen molar-refractivity contribution < 1.29 is 4.79 Å². The van der Waals surface area contributed by atoms with Crippen LogP contribution in [0.25, 0.3) is 6.08 Å². The predicted octanol–water partition coefficient (Wildman–Crippen LogP) is 3.28. The van der Waals surface area contributed by atoms with E-state index in [9.17, 15) is 4.79 Å². The van der Waals surface area contributed by atoms with Crippen LogP contribution in [0.1, 0.15) is 24.6 Å². The lowest BCUT2D eigenvalue weighted by Crippen LogP contribution is -2.41. The fourth-order valence-electron chi connectivity index (χ4n) is 3.12. The zero-order valence-electron chi connectivity index (χ0n) is 14.0. The summed E-state index contributed by atoms with van der Waals surface area (Å²) in [5, 5.41) is 1.94. The summed E-state index contributed by atoms with van der Waals surface area (Å²) in [6.07, 6.45) is 4.46. The summed E-state index contributed by atoms with van der Waals surface area (Å²) in [7, 11) is 0. The summed E-state index contributed by atoms with van der Waals surface area (Å²) in [5.41, 5.74) is 3.95. The molecule has 0 spiro atoms. The fourth-order valence-corrected chi connectivity index (χ4v) is 3.64. The van der Waals surface area contributed by atoms with Crippen molar-refractivity contribution in [3.8, 4) is 0 Å². The largest absolute Gasteiger partial charge is 0.335 e. The molecule has 0 unspecified atom stereocenters. The van der Waals surface area contributed by atoms with E-state index in [-0.39, 0.29) is 11.9 Å². The molecular weight excluding hydrogens is 318 g/mol. The van der Waals surface area contributed by atoms with Gasteiger partial charge < -0.3 is 4.90 Å². The SMILES string of the molecule is C[C@@H]1CN(Cc2ccccc2)CCCN1C(=O)/C=C\c1cscn1. The number of aromatic nitrogens is 1. The van der Waals surface area contributed by atoms with E-state index < -0.39 is 0 Å². The van der Waals surface area contributed by atoms with Gasteiger partial charge in [0.1, 0.15) is 0 Å². The van der Waals surface area contributed by atoms with Gasteiger partial charge in [0.25, 0.3) is 0 Å². The maximum Gasteiger partial charge on any atom is 0.246 e. The minimum absolute atomic E-state index is 0.0806. The number of carbonyl (C=O) groups excluding carboxylic acids is 1. The van der Waals surface area contributed by atoms with Crippen molar-refractivity contribution in [2.24, 2.45) is 0 Å². The Bertz CT molecular complexity index is 669. The summed E-state index contributed by atoms with van der Waals surface area (Å²) in [6.45, 7) is 5.83. The molecule has 1 fully saturated rings. The van der Waals surface area contributed by atoms with Gasteiger partial charge in [-0.25, -0.2) is 4.98 Å². The van der Waals surface area contributed by atoms with Crippen LogP contribution in [0.15, 0.2) is 47.3 Å². The lowest BCUT2D eigenvalue weighted by Gasteiger charge is -2.28. The van der Waals surface area contributed by atoms with Crippen LogP contribution in [0.4, 0.5) is 0 Å². The van der Waals surface area contributed by atoms with Gasteiger partial charge in [-0.1, -0.05) is 30.3 Å². The fraction of sp³-hybridized carbons (Fsp3) is 0.368. The first-order valence-electron chi connectivity index (χ1n) is 8.35. The van der Waals surface area contributed by atoms with Crippen LogP contribution in [0.2, 0.25) is 0 Å². The summed E-state index contributed by atoms with van der Waals surface area (Å²) >= 11 is 1.54. The summed E-state index contributed by atoms with van der Waals surface area (Å²) in [6, 6.07) is 10.7. The zero-order valence-corrected chi connectivity index (χ0v) is 14.8. The van der Waals surface area contributed by atoms with Crippen molar-refractivity contribution >= 4 is 23.3 Å². The Morgan fingerprint density at radius 1 is 1.33 bits per heavy atom. The van der Waals surface area contributed by atoms with E-state index in [4.69, 9.17) is 0 Å². The molecule has 2 aromatic rings. The second-order valence-corrected chi connectivity index (χ2v) is 6.92. The molecule has 1 amide bonds. The molecule has 0 N–H and O–H groups in total. The molecule has 1 aromatic carbocycles. The highest BCUT2D eigenvalue weighted by atomic mass is 32.1. The maximum atomic E-state index is 12.5. The van der Waals surface area contributed by atoms with Crippen LogP contribution in [0, 0.1) is 0 Å². The van der Waals surface area contributed by atoms with Gasteiger partial charge in [-0.15, -0.1) is 11.3 Å². The van der Waals surface area contributed by atoms with Gasteiger partial charge in [-0.05, 0) is 25.0 Å². The quantitative estimate of drug-likeness (QED) is 0.801. The first-order chi connectivity index (χ1) is 11.7. The highest BCUT2D eigenvalue weighted by Gasteiger charge is 2.24. The average Bonchev–Trinajstić information content (AvgIpc) is 3.04. The van der Waals surface area contributed by atoms with Crippen molar-refractivity contribution in [1.82, 2.24) is 14.8 Å². The summed E-state index contributed by atoms with van der Waals surface area (Å²) < 4.78 is 0. The first kappa shape index (κ1) is 16.9. The van der Waals surface area contributed by atoms with Crippen LogP contribution < -0.4 is 0 Å². The lowest BCUT2D eigenvalue weighted by molar-refractivity contribution is -0.127. The Morgan fingerprint density at radius 3 is 2.92 bits per heavy atom. The number of thiazole rings is 1. The Balaban J connectivity index is 1.59. The smallest absolute Gasteiger partial charge is 0.246 e. The number of amides is 1. The molecule has 1 saturated heterocycles. The van der Waals surface area contributed by atoms with Gasteiger partial charge in [0.2, 0.25) is 5.91 Å². The van der Waals surface area contributed by atoms with Crippen LogP contribution in [0.3, 0.4) is 0 Å². The van der Waals surface area contributed by atoms with E-state index in [0.29, 0.717) is 0 Å². The van der Waals surface area contributed by atoms with E-state index in [1.165, 1.54) is 16.9 Å². The highest BCUT2D eigenvalue weighted by Crippen LogP contribution is 2.14. The van der Waals surface area contributed by atoms with E-state index >= 15 is 0 Å². The Morgan fingerprint density at radius 2 is 2.17 bits per heavy atom. The van der Waals surface area contributed by atoms with Gasteiger partial charge >= 0.3 is 0 Å². The van der Waals surface area contributed by atoms with Gasteiger partial charge in [0, 0.05) is 43.7 Å². The molecule has 126 valence electrons. The molecule has 0 bridgehead atoms. The number of nitrogens with zero attached hydrogens (tertiary/aromatic N) is 3. The number of hydrogen-bond donors (Lipinski definition) is 0. The minimum Gasteiger partial charge on any atom is -0.335 e. The summed E-state index contributed by atoms with van der Waals surface area (Å²) in [5.74, 6) is 0.0806. The number of carbonyl (C=O) groups is 1. The third-order valence-corrected chi connectivity index (χ3v) is 4.91. The molecule has 2 heterocycles. The van der Waals surface area contributed by atoms with Crippen molar-refractivity contribution in [1.29, 1.82) is 0 Å². The second kappa shape index (κ2) is 8.22. The molecular formula is C19H23N3OS. The number of rotatable bonds is 4. The minimum atomic E-state index is 0.0806. The molecule has 1 aliphatic rings. The first-order valence-corrected chi connectivity index (χ1v) is 9.30. The third-order valence-electron chi connectivity index (χ3n) is 4.31. The predicted molar refractivity (Wildman–Crippen MR) is 98.7 cm³/mol. The van der Waals surface area contributed by atoms with Crippen LogP contribution in [-0.4, -0.2) is 46.4 Å². The van der Waals surface area contributed by atoms with E-state index in [0.717, 1.165) is 38.3 Å². The van der Waals surface area contributed by atoms with Crippen molar-refractivity contribution in [2.45, 2.75) is 25.9 Å². The molecule has 0 saturated carbocycles. The van der Waals surface area contributed by atoms with Crippen LogP contribution in [0.5, 0.6) is 0 Å². The van der Waals surface area contributed by atoms with Crippen LogP contribution >= 0.6 is 11.3 Å². The monoisotopic (exact) mass is 341 g/mol. The zero-order chi connectivity index (χ0) is 16.8. The van der Waals surface area contributed by atoms with Crippen LogP contribution in [-0.2, 0) is 11.3 Å². The summed E-state index contributed by atoms with van der Waals surface area (Å²) in [4.78, 5) is 21.1. The van der Waals surface area contributed by atoms with Gasteiger partial charge in [0.15, 0.2) is 0 Å². The maximum absolute atomic E-state index is 12.5. The number of benzene rings is 1. The van der Waals surface area contributed by atoms with Crippen molar-refractivity contribution in [2.75, 3.05) is 19.6 Å². The molecule has 3 rings (SSSR count). The molecule has 1 aromatic heterocycles. The highest BCUT2D eigenvalue weighted by molar-refractivity contribution is 7.07. The van der Waals surface area contributed by atoms with E-state index in [1.807, 2.05) is 16.3 Å². The van der Waals surface area contributed by atoms with Crippen molar-refractivity contribution in [3.63, 3.8) is 0 Å². The van der Waals surface area contributed by atoms with Gasteiger partial charge in [0.05, 0.1) is 11.2 Å². The topological polar surface area (TPSA) is 36.4 Å². The van der Waals surface area contributed by atoms with Crippen molar-refractivity contribution in [3.05, 3.63) is 58.6 Å². The Labute approximate surface area is 147 Å². The third kappa shape index (κ3) is 4.52. The molecule has 1 aliphatic heterocycles. The molecule has 0 radical (unpaired) electrons. The molecule has 0 aliphatic carbocycles. The lowest BCUT2D eigenvalue weighted by atomic mass is 10.2. The second-order valence-electron chi connectivity index (χ2n) is 6.20. The molecule has 24 heavy (non-hydrogen) atoms. The molecule has 5 heteroatoms. The van der Waals surface area contributed by atoms with E-state index in [2.05, 4.69) is 41.1 Å². The van der Waals surface area contributed by atoms with Gasteiger partial charge in [-0.3, -0.25) is 9.69 Å². The Hall–Kier alpha value is -1.98. The molecule has 4 nitrogen and oxygen atoms in total. The average molecular weight is 341 g/mol. The number of hydrogen-bond acceptors (Lipinski definition) is 4. The normalized spacial score (nSPS) is 19.5. The Kier molecular flexibility index (Phi) is 5.77. The standard InChI is InChI=1S/C19H23N3OS/c1-16-12-21(13-17-6-3-2-4-7-17)10-5-11-22(16)19(23)9-8-18-14-24-15-20-18/h2-4,6-9,14-16H,5,10-13H2,1H3/b9-8-/t16-/m1/s1.